The van der Waals surface area contributed by atoms with Gasteiger partial charge in [0.1, 0.15) is 5.75 Å². The molecule has 1 N–H and O–H groups in total. The van der Waals surface area contributed by atoms with Gasteiger partial charge in [-0.2, -0.15) is 4.80 Å². The van der Waals surface area contributed by atoms with E-state index in [1.165, 1.54) is 4.80 Å². The van der Waals surface area contributed by atoms with Crippen LogP contribution in [0, 0.1) is 6.92 Å². The number of aryl methyl sites for hydroxylation is 2. The molecule has 0 saturated heterocycles. The van der Waals surface area contributed by atoms with Gasteiger partial charge < -0.3 is 5.11 Å². The Morgan fingerprint density at radius 3 is 2.71 bits per heavy atom. The number of aromatic nitrogens is 4. The van der Waals surface area contributed by atoms with Gasteiger partial charge in [0.2, 0.25) is 5.82 Å². The van der Waals surface area contributed by atoms with Crippen LogP contribution in [0.3, 0.4) is 0 Å². The topological polar surface area (TPSA) is 63.8 Å². The van der Waals surface area contributed by atoms with Crippen molar-refractivity contribution in [2.45, 2.75) is 6.92 Å². The van der Waals surface area contributed by atoms with Gasteiger partial charge in [-0.3, -0.25) is 0 Å². The molecule has 0 amide bonds. The van der Waals surface area contributed by atoms with E-state index >= 15 is 0 Å². The third kappa shape index (κ3) is 1.44. The monoisotopic (exact) mass is 190 g/mol. The van der Waals surface area contributed by atoms with Gasteiger partial charge in [0.15, 0.2) is 0 Å². The van der Waals surface area contributed by atoms with E-state index in [0.717, 1.165) is 11.1 Å². The van der Waals surface area contributed by atoms with Gasteiger partial charge in [0.05, 0.1) is 7.05 Å². The lowest BCUT2D eigenvalue weighted by Gasteiger charge is -2.00. The summed E-state index contributed by atoms with van der Waals surface area (Å²) in [6.07, 6.45) is 0. The van der Waals surface area contributed by atoms with Gasteiger partial charge in [0.25, 0.3) is 0 Å². The van der Waals surface area contributed by atoms with Gasteiger partial charge >= 0.3 is 0 Å². The number of nitrogens with zero attached hydrogens (tertiary/aromatic N) is 4. The minimum Gasteiger partial charge on any atom is -0.508 e. The Morgan fingerprint density at radius 1 is 1.36 bits per heavy atom. The summed E-state index contributed by atoms with van der Waals surface area (Å²) in [7, 11) is 1.71. The minimum atomic E-state index is 0.246. The van der Waals surface area contributed by atoms with Crippen molar-refractivity contribution in [1.29, 1.82) is 0 Å². The molecule has 72 valence electrons. The molecule has 0 aliphatic heterocycles. The summed E-state index contributed by atoms with van der Waals surface area (Å²) < 4.78 is 0. The first kappa shape index (κ1) is 8.68. The molecule has 0 aliphatic carbocycles. The standard InChI is InChI=1S/C9H10N4O/c1-6-5-7(14)3-4-8(6)9-10-12-13(2)11-9/h3-5,14H,1-2H3. The van der Waals surface area contributed by atoms with Crippen molar-refractivity contribution in [3.8, 4) is 17.1 Å². The van der Waals surface area contributed by atoms with Crippen molar-refractivity contribution in [3.63, 3.8) is 0 Å². The lowest BCUT2D eigenvalue weighted by molar-refractivity contribution is 0.475. The van der Waals surface area contributed by atoms with E-state index in [0.29, 0.717) is 5.82 Å². The number of hydrogen-bond donors (Lipinski definition) is 1. The molecule has 0 spiro atoms. The van der Waals surface area contributed by atoms with Crippen LogP contribution in [0.25, 0.3) is 11.4 Å². The second-order valence-corrected chi connectivity index (χ2v) is 3.10. The van der Waals surface area contributed by atoms with E-state index in [2.05, 4.69) is 15.4 Å². The Bertz CT molecular complexity index is 464. The van der Waals surface area contributed by atoms with Gasteiger partial charge in [-0.25, -0.2) is 0 Å². The first-order valence-corrected chi connectivity index (χ1v) is 4.21. The summed E-state index contributed by atoms with van der Waals surface area (Å²) in [4.78, 5) is 1.40. The second-order valence-electron chi connectivity index (χ2n) is 3.10. The smallest absolute Gasteiger partial charge is 0.205 e. The molecule has 5 nitrogen and oxygen atoms in total. The van der Waals surface area contributed by atoms with Crippen molar-refractivity contribution in [2.24, 2.45) is 7.05 Å². The molecule has 1 aromatic heterocycles. The normalized spacial score (nSPS) is 10.4. The van der Waals surface area contributed by atoms with Crippen LogP contribution >= 0.6 is 0 Å². The molecular weight excluding hydrogens is 180 g/mol. The molecular formula is C9H10N4O. The molecule has 0 bridgehead atoms. The van der Waals surface area contributed by atoms with Crippen LogP contribution in [0.15, 0.2) is 18.2 Å². The summed E-state index contributed by atoms with van der Waals surface area (Å²) in [6, 6.07) is 5.06. The fraction of sp³-hybridized carbons (Fsp3) is 0.222. The molecule has 2 aromatic rings. The van der Waals surface area contributed by atoms with Crippen LogP contribution in [-0.4, -0.2) is 25.3 Å². The maximum atomic E-state index is 9.23. The maximum absolute atomic E-state index is 9.23. The summed E-state index contributed by atoms with van der Waals surface area (Å²) in [5, 5.41) is 21.0. The van der Waals surface area contributed by atoms with E-state index < -0.39 is 0 Å². The number of phenolic OH excluding ortho intramolecular Hbond substituents is 1. The summed E-state index contributed by atoms with van der Waals surface area (Å²) >= 11 is 0. The van der Waals surface area contributed by atoms with Gasteiger partial charge in [-0.1, -0.05) is 0 Å². The van der Waals surface area contributed by atoms with Crippen LogP contribution in [0.1, 0.15) is 5.56 Å². The number of rotatable bonds is 1. The Kier molecular flexibility index (Phi) is 1.92. The largest absolute Gasteiger partial charge is 0.508 e. The molecule has 0 fully saturated rings. The highest BCUT2D eigenvalue weighted by atomic mass is 16.3. The van der Waals surface area contributed by atoms with E-state index in [-0.39, 0.29) is 5.75 Å². The predicted octanol–water partition coefficient (Wildman–Crippen LogP) is 0.891. The van der Waals surface area contributed by atoms with E-state index in [1.807, 2.05) is 6.92 Å². The van der Waals surface area contributed by atoms with Crippen molar-refractivity contribution >= 4 is 0 Å². The maximum Gasteiger partial charge on any atom is 0.205 e. The van der Waals surface area contributed by atoms with Crippen LogP contribution in [0.2, 0.25) is 0 Å². The molecule has 0 saturated carbocycles. The van der Waals surface area contributed by atoms with Crippen LogP contribution in [0.4, 0.5) is 0 Å². The molecule has 5 heteroatoms. The highest BCUT2D eigenvalue weighted by Gasteiger charge is 2.07. The van der Waals surface area contributed by atoms with Crippen molar-refractivity contribution in [2.75, 3.05) is 0 Å². The average Bonchev–Trinajstić information content (AvgIpc) is 2.51. The fourth-order valence-corrected chi connectivity index (χ4v) is 1.29. The fourth-order valence-electron chi connectivity index (χ4n) is 1.29. The number of benzene rings is 1. The Morgan fingerprint density at radius 2 is 2.14 bits per heavy atom. The number of phenols is 1. The van der Waals surface area contributed by atoms with Crippen molar-refractivity contribution in [1.82, 2.24) is 20.2 Å². The Balaban J connectivity index is 2.52. The minimum absolute atomic E-state index is 0.246. The molecule has 1 aromatic carbocycles. The molecule has 0 atom stereocenters. The summed E-state index contributed by atoms with van der Waals surface area (Å²) in [6.45, 7) is 1.89. The molecule has 1 heterocycles. The number of tetrazole rings is 1. The zero-order valence-electron chi connectivity index (χ0n) is 7.97. The van der Waals surface area contributed by atoms with Gasteiger partial charge in [-0.15, -0.1) is 10.2 Å². The zero-order valence-corrected chi connectivity index (χ0v) is 7.97. The number of hydrogen-bond acceptors (Lipinski definition) is 4. The molecule has 0 unspecified atom stereocenters. The predicted molar refractivity (Wildman–Crippen MR) is 50.6 cm³/mol. The van der Waals surface area contributed by atoms with Crippen LogP contribution in [0.5, 0.6) is 5.75 Å². The highest BCUT2D eigenvalue weighted by molar-refractivity contribution is 5.60. The molecule has 0 aliphatic rings. The Labute approximate surface area is 81.0 Å². The average molecular weight is 190 g/mol. The van der Waals surface area contributed by atoms with E-state index in [1.54, 1.807) is 25.2 Å². The van der Waals surface area contributed by atoms with Crippen molar-refractivity contribution < 1.29 is 5.11 Å². The number of aromatic hydroxyl groups is 1. The summed E-state index contributed by atoms with van der Waals surface area (Å²) in [5.74, 6) is 0.820. The lowest BCUT2D eigenvalue weighted by Crippen LogP contribution is -1.92. The third-order valence-electron chi connectivity index (χ3n) is 1.96. The lowest BCUT2D eigenvalue weighted by atomic mass is 10.1. The summed E-state index contributed by atoms with van der Waals surface area (Å²) in [5.41, 5.74) is 1.81. The molecule has 0 radical (unpaired) electrons. The van der Waals surface area contributed by atoms with E-state index in [4.69, 9.17) is 0 Å². The third-order valence-corrected chi connectivity index (χ3v) is 1.96. The second kappa shape index (κ2) is 3.10. The van der Waals surface area contributed by atoms with Crippen molar-refractivity contribution in [3.05, 3.63) is 23.8 Å². The van der Waals surface area contributed by atoms with Crippen LogP contribution in [-0.2, 0) is 7.05 Å². The van der Waals surface area contributed by atoms with E-state index in [9.17, 15) is 5.11 Å². The SMILES string of the molecule is Cc1cc(O)ccc1-c1nnn(C)n1. The van der Waals surface area contributed by atoms with Crippen LogP contribution < -0.4 is 0 Å². The first-order chi connectivity index (χ1) is 6.66. The van der Waals surface area contributed by atoms with Gasteiger partial charge in [0, 0.05) is 5.56 Å². The molecule has 14 heavy (non-hydrogen) atoms. The molecule has 2 rings (SSSR count). The van der Waals surface area contributed by atoms with Gasteiger partial charge in [-0.05, 0) is 35.9 Å². The quantitative estimate of drug-likeness (QED) is 0.725. The Hall–Kier alpha value is -1.91. The first-order valence-electron chi connectivity index (χ1n) is 4.21. The zero-order chi connectivity index (χ0) is 10.1. The highest BCUT2D eigenvalue weighted by Crippen LogP contribution is 2.22.